The fourth-order valence-corrected chi connectivity index (χ4v) is 4.14. The molecule has 19 heavy (non-hydrogen) atoms. The number of aromatic nitrogens is 1. The molecule has 3 heteroatoms. The van der Waals surface area contributed by atoms with Crippen molar-refractivity contribution in [2.75, 3.05) is 5.32 Å². The van der Waals surface area contributed by atoms with Crippen LogP contribution in [0, 0.1) is 12.8 Å². The number of nitrogens with zero attached hydrogens (tertiary/aromatic N) is 1. The lowest BCUT2D eigenvalue weighted by Gasteiger charge is -2.28. The van der Waals surface area contributed by atoms with Crippen LogP contribution in [0.4, 0.5) is 5.13 Å². The summed E-state index contributed by atoms with van der Waals surface area (Å²) in [5.41, 5.74) is 2.44. The maximum atomic E-state index is 4.76. The standard InChI is InChI=1S/C16H22N2S/c1-3-12-7-5-8-13(10-12)17-16-18-15-11(2)6-4-9-14(15)19-16/h4,6,9,12-13H,3,5,7-8,10H2,1-2H3,(H,17,18). The summed E-state index contributed by atoms with van der Waals surface area (Å²) in [6.45, 7) is 4.45. The average Bonchev–Trinajstić information content (AvgIpc) is 2.83. The summed E-state index contributed by atoms with van der Waals surface area (Å²) in [6.07, 6.45) is 6.70. The first-order valence-electron chi connectivity index (χ1n) is 7.39. The molecule has 2 atom stereocenters. The summed E-state index contributed by atoms with van der Waals surface area (Å²) in [5, 5.41) is 4.77. The van der Waals surface area contributed by atoms with Crippen LogP contribution in [0.5, 0.6) is 0 Å². The number of hydrogen-bond donors (Lipinski definition) is 1. The Kier molecular flexibility index (Phi) is 3.74. The Morgan fingerprint density at radius 1 is 1.37 bits per heavy atom. The van der Waals surface area contributed by atoms with Crippen LogP contribution in [0.2, 0.25) is 0 Å². The van der Waals surface area contributed by atoms with E-state index in [2.05, 4.69) is 37.4 Å². The monoisotopic (exact) mass is 274 g/mol. The van der Waals surface area contributed by atoms with Crippen molar-refractivity contribution in [3.05, 3.63) is 23.8 Å². The minimum Gasteiger partial charge on any atom is -0.359 e. The molecule has 2 unspecified atom stereocenters. The van der Waals surface area contributed by atoms with Crippen molar-refractivity contribution in [3.8, 4) is 0 Å². The first-order valence-corrected chi connectivity index (χ1v) is 8.20. The van der Waals surface area contributed by atoms with Gasteiger partial charge in [-0.2, -0.15) is 0 Å². The maximum absolute atomic E-state index is 4.76. The molecule has 1 fully saturated rings. The Balaban J connectivity index is 1.76. The molecule has 0 aliphatic heterocycles. The van der Waals surface area contributed by atoms with Crippen molar-refractivity contribution in [2.45, 2.75) is 52.0 Å². The Hall–Kier alpha value is -1.09. The third kappa shape index (κ3) is 2.76. The van der Waals surface area contributed by atoms with Crippen molar-refractivity contribution >= 4 is 26.7 Å². The Morgan fingerprint density at radius 2 is 2.26 bits per heavy atom. The van der Waals surface area contributed by atoms with E-state index in [1.54, 1.807) is 11.3 Å². The van der Waals surface area contributed by atoms with Crippen LogP contribution in [0.1, 0.15) is 44.6 Å². The molecule has 3 rings (SSSR count). The summed E-state index contributed by atoms with van der Waals surface area (Å²) in [5.74, 6) is 0.905. The quantitative estimate of drug-likeness (QED) is 0.853. The highest BCUT2D eigenvalue weighted by atomic mass is 32.1. The lowest BCUT2D eigenvalue weighted by Crippen LogP contribution is -2.26. The number of hydrogen-bond acceptors (Lipinski definition) is 3. The number of aryl methyl sites for hydroxylation is 1. The minimum absolute atomic E-state index is 0.625. The van der Waals surface area contributed by atoms with Crippen molar-refractivity contribution in [2.24, 2.45) is 5.92 Å². The number of nitrogens with one attached hydrogen (secondary N) is 1. The second-order valence-electron chi connectivity index (χ2n) is 5.72. The first kappa shape index (κ1) is 12.9. The second-order valence-corrected chi connectivity index (χ2v) is 6.75. The molecule has 0 spiro atoms. The van der Waals surface area contributed by atoms with E-state index >= 15 is 0 Å². The summed E-state index contributed by atoms with van der Waals surface area (Å²) in [4.78, 5) is 4.76. The van der Waals surface area contributed by atoms with Crippen LogP contribution in [0.3, 0.4) is 0 Å². The number of anilines is 1. The van der Waals surface area contributed by atoms with Crippen LogP contribution in [0.15, 0.2) is 18.2 Å². The fourth-order valence-electron chi connectivity index (χ4n) is 3.12. The molecule has 1 aliphatic rings. The predicted octanol–water partition coefficient (Wildman–Crippen LogP) is 4.99. The van der Waals surface area contributed by atoms with E-state index < -0.39 is 0 Å². The molecule has 1 saturated carbocycles. The zero-order chi connectivity index (χ0) is 13.2. The molecule has 0 radical (unpaired) electrons. The number of para-hydroxylation sites is 1. The molecule has 0 amide bonds. The normalized spacial score (nSPS) is 23.7. The van der Waals surface area contributed by atoms with Gasteiger partial charge in [0.1, 0.15) is 0 Å². The molecule has 1 aromatic carbocycles. The first-order chi connectivity index (χ1) is 9.26. The van der Waals surface area contributed by atoms with Crippen molar-refractivity contribution < 1.29 is 0 Å². The topological polar surface area (TPSA) is 24.9 Å². The van der Waals surface area contributed by atoms with Gasteiger partial charge in [0.05, 0.1) is 10.2 Å². The van der Waals surface area contributed by atoms with Crippen molar-refractivity contribution in [1.82, 2.24) is 4.98 Å². The zero-order valence-electron chi connectivity index (χ0n) is 11.8. The van der Waals surface area contributed by atoms with Gasteiger partial charge >= 0.3 is 0 Å². The van der Waals surface area contributed by atoms with Crippen molar-refractivity contribution in [1.29, 1.82) is 0 Å². The third-order valence-corrected chi connectivity index (χ3v) is 5.26. The molecule has 2 aromatic rings. The van der Waals surface area contributed by atoms with Gasteiger partial charge < -0.3 is 5.32 Å². The fraction of sp³-hybridized carbons (Fsp3) is 0.562. The summed E-state index contributed by atoms with van der Waals surface area (Å²) >= 11 is 1.79. The number of benzene rings is 1. The molecule has 1 aliphatic carbocycles. The van der Waals surface area contributed by atoms with Gasteiger partial charge in [0.15, 0.2) is 5.13 Å². The largest absolute Gasteiger partial charge is 0.359 e. The molecular formula is C16H22N2S. The van der Waals surface area contributed by atoms with Gasteiger partial charge in [-0.05, 0) is 37.3 Å². The highest BCUT2D eigenvalue weighted by molar-refractivity contribution is 7.22. The van der Waals surface area contributed by atoms with E-state index in [4.69, 9.17) is 4.98 Å². The summed E-state index contributed by atoms with van der Waals surface area (Å²) in [6, 6.07) is 7.05. The molecule has 1 N–H and O–H groups in total. The van der Waals surface area contributed by atoms with Crippen LogP contribution < -0.4 is 5.32 Å². The second kappa shape index (κ2) is 5.49. The van der Waals surface area contributed by atoms with Gasteiger partial charge in [0.2, 0.25) is 0 Å². The van der Waals surface area contributed by atoms with Crippen LogP contribution in [-0.4, -0.2) is 11.0 Å². The molecule has 0 saturated heterocycles. The van der Waals surface area contributed by atoms with Crippen LogP contribution >= 0.6 is 11.3 Å². The molecule has 1 aromatic heterocycles. The minimum atomic E-state index is 0.625. The Labute approximate surface area is 119 Å². The third-order valence-electron chi connectivity index (χ3n) is 4.31. The SMILES string of the molecule is CCC1CCCC(Nc2nc3c(C)cccc3s2)C1. The van der Waals surface area contributed by atoms with Gasteiger partial charge in [0.25, 0.3) is 0 Å². The van der Waals surface area contributed by atoms with Crippen molar-refractivity contribution in [3.63, 3.8) is 0 Å². The molecule has 2 nitrogen and oxygen atoms in total. The van der Waals surface area contributed by atoms with Gasteiger partial charge in [-0.25, -0.2) is 4.98 Å². The van der Waals surface area contributed by atoms with E-state index in [1.807, 2.05) is 0 Å². The summed E-state index contributed by atoms with van der Waals surface area (Å²) in [7, 11) is 0. The Bertz CT molecular complexity index is 561. The molecular weight excluding hydrogens is 252 g/mol. The number of thiazole rings is 1. The highest BCUT2D eigenvalue weighted by Gasteiger charge is 2.21. The van der Waals surface area contributed by atoms with Gasteiger partial charge in [-0.3, -0.25) is 0 Å². The van der Waals surface area contributed by atoms with Gasteiger partial charge in [0, 0.05) is 6.04 Å². The number of rotatable bonds is 3. The summed E-state index contributed by atoms with van der Waals surface area (Å²) < 4.78 is 1.30. The smallest absolute Gasteiger partial charge is 0.184 e. The average molecular weight is 274 g/mol. The zero-order valence-corrected chi connectivity index (χ0v) is 12.6. The van der Waals surface area contributed by atoms with Gasteiger partial charge in [-0.1, -0.05) is 49.7 Å². The van der Waals surface area contributed by atoms with E-state index in [-0.39, 0.29) is 0 Å². The van der Waals surface area contributed by atoms with Gasteiger partial charge in [-0.15, -0.1) is 0 Å². The van der Waals surface area contributed by atoms with E-state index in [9.17, 15) is 0 Å². The van der Waals surface area contributed by atoms with E-state index in [0.717, 1.165) is 16.6 Å². The number of fused-ring (bicyclic) bond motifs is 1. The molecule has 0 bridgehead atoms. The van der Waals surface area contributed by atoms with E-state index in [0.29, 0.717) is 6.04 Å². The Morgan fingerprint density at radius 3 is 3.05 bits per heavy atom. The lowest BCUT2D eigenvalue weighted by molar-refractivity contribution is 0.327. The maximum Gasteiger partial charge on any atom is 0.184 e. The van der Waals surface area contributed by atoms with Crippen LogP contribution in [-0.2, 0) is 0 Å². The van der Waals surface area contributed by atoms with E-state index in [1.165, 1.54) is 42.4 Å². The highest BCUT2D eigenvalue weighted by Crippen LogP contribution is 2.32. The predicted molar refractivity (Wildman–Crippen MR) is 84.0 cm³/mol. The molecule has 1 heterocycles. The van der Waals surface area contributed by atoms with Crippen LogP contribution in [0.25, 0.3) is 10.2 Å². The lowest BCUT2D eigenvalue weighted by atomic mass is 9.84. The molecule has 102 valence electrons.